The van der Waals surface area contributed by atoms with E-state index in [1.54, 1.807) is 0 Å². The number of carbonyl (C=O) groups is 1. The van der Waals surface area contributed by atoms with Crippen molar-refractivity contribution in [2.45, 2.75) is 32.7 Å². The summed E-state index contributed by atoms with van der Waals surface area (Å²) in [4.78, 5) is 16.5. The van der Waals surface area contributed by atoms with Gasteiger partial charge >= 0.3 is 12.0 Å². The van der Waals surface area contributed by atoms with Crippen molar-refractivity contribution < 1.29 is 18.7 Å². The largest absolute Gasteiger partial charge is 0.486 e. The summed E-state index contributed by atoms with van der Waals surface area (Å²) >= 11 is 0. The first-order chi connectivity index (χ1) is 12.1. The molecule has 0 spiro atoms. The first-order valence-electron chi connectivity index (χ1n) is 8.51. The number of ether oxygens (including phenoxy) is 2. The maximum atomic E-state index is 12.4. The second kappa shape index (κ2) is 6.31. The van der Waals surface area contributed by atoms with Crippen LogP contribution in [-0.4, -0.2) is 24.2 Å². The van der Waals surface area contributed by atoms with Gasteiger partial charge in [0.2, 0.25) is 0 Å². The van der Waals surface area contributed by atoms with Crippen molar-refractivity contribution in [2.75, 3.05) is 18.5 Å². The summed E-state index contributed by atoms with van der Waals surface area (Å²) < 4.78 is 16.6. The van der Waals surface area contributed by atoms with E-state index in [1.807, 2.05) is 32.0 Å². The molecule has 1 aliphatic carbocycles. The second-order valence-electron chi connectivity index (χ2n) is 6.48. The molecule has 0 saturated heterocycles. The lowest BCUT2D eigenvalue weighted by Gasteiger charge is -2.23. The number of oxazole rings is 1. The highest BCUT2D eigenvalue weighted by atomic mass is 16.6. The minimum Gasteiger partial charge on any atom is -0.486 e. The molecule has 4 rings (SSSR count). The van der Waals surface area contributed by atoms with Crippen LogP contribution in [0.25, 0.3) is 0 Å². The van der Waals surface area contributed by atoms with Gasteiger partial charge in [-0.05, 0) is 50.3 Å². The molecule has 7 heteroatoms. The van der Waals surface area contributed by atoms with Crippen LogP contribution >= 0.6 is 0 Å². The SMILES string of the molecule is Cc1nc(NC(=O)N[C@@H](c2ccc3c(c2)OCCO3)C2CC2)oc1C. The highest BCUT2D eigenvalue weighted by Crippen LogP contribution is 2.43. The van der Waals surface area contributed by atoms with E-state index in [-0.39, 0.29) is 18.1 Å². The molecule has 25 heavy (non-hydrogen) atoms. The van der Waals surface area contributed by atoms with Gasteiger partial charge in [-0.25, -0.2) is 4.79 Å². The van der Waals surface area contributed by atoms with E-state index in [9.17, 15) is 4.79 Å². The van der Waals surface area contributed by atoms with Gasteiger partial charge in [0.05, 0.1) is 11.7 Å². The Morgan fingerprint density at radius 2 is 1.96 bits per heavy atom. The summed E-state index contributed by atoms with van der Waals surface area (Å²) in [6.45, 7) is 4.76. The van der Waals surface area contributed by atoms with Gasteiger partial charge in [-0.3, -0.25) is 5.32 Å². The molecule has 1 aliphatic heterocycles. The minimum absolute atomic E-state index is 0.0759. The van der Waals surface area contributed by atoms with Gasteiger partial charge in [-0.1, -0.05) is 6.07 Å². The van der Waals surface area contributed by atoms with Crippen LogP contribution in [0.2, 0.25) is 0 Å². The number of hydrogen-bond acceptors (Lipinski definition) is 5. The van der Waals surface area contributed by atoms with E-state index in [2.05, 4.69) is 15.6 Å². The van der Waals surface area contributed by atoms with Crippen molar-refractivity contribution in [3.05, 3.63) is 35.2 Å². The zero-order valence-corrected chi connectivity index (χ0v) is 14.3. The summed E-state index contributed by atoms with van der Waals surface area (Å²) in [7, 11) is 0. The van der Waals surface area contributed by atoms with Crippen LogP contribution in [0.4, 0.5) is 10.8 Å². The zero-order valence-electron chi connectivity index (χ0n) is 14.3. The van der Waals surface area contributed by atoms with Crippen molar-refractivity contribution >= 4 is 12.0 Å². The van der Waals surface area contributed by atoms with E-state index in [4.69, 9.17) is 13.9 Å². The maximum absolute atomic E-state index is 12.4. The van der Waals surface area contributed by atoms with Gasteiger partial charge in [0.25, 0.3) is 0 Å². The first-order valence-corrected chi connectivity index (χ1v) is 8.51. The van der Waals surface area contributed by atoms with Gasteiger partial charge < -0.3 is 19.2 Å². The van der Waals surface area contributed by atoms with E-state index in [1.165, 1.54) is 0 Å². The Bertz CT molecular complexity index is 778. The molecule has 0 unspecified atom stereocenters. The third-order valence-electron chi connectivity index (χ3n) is 4.55. The number of nitrogens with one attached hydrogen (secondary N) is 2. The van der Waals surface area contributed by atoms with Crippen LogP contribution in [0.1, 0.15) is 35.9 Å². The van der Waals surface area contributed by atoms with Crippen molar-refractivity contribution in [2.24, 2.45) is 5.92 Å². The van der Waals surface area contributed by atoms with Crippen LogP contribution in [0, 0.1) is 19.8 Å². The first kappa shape index (κ1) is 15.8. The molecule has 2 amide bonds. The summed E-state index contributed by atoms with van der Waals surface area (Å²) in [5, 5.41) is 5.70. The summed E-state index contributed by atoms with van der Waals surface area (Å²) in [6, 6.07) is 5.65. The molecule has 2 heterocycles. The number of anilines is 1. The summed E-state index contributed by atoms with van der Waals surface area (Å²) in [6.07, 6.45) is 2.19. The predicted octanol–water partition coefficient (Wildman–Crippen LogP) is 3.34. The molecule has 132 valence electrons. The topological polar surface area (TPSA) is 85.6 Å². The fraction of sp³-hybridized carbons (Fsp3) is 0.444. The number of fused-ring (bicyclic) bond motifs is 1. The fourth-order valence-corrected chi connectivity index (χ4v) is 2.96. The Hall–Kier alpha value is -2.70. The molecular weight excluding hydrogens is 322 g/mol. The molecule has 0 bridgehead atoms. The number of aryl methyl sites for hydroxylation is 2. The highest BCUT2D eigenvalue weighted by Gasteiger charge is 2.34. The minimum atomic E-state index is -0.326. The van der Waals surface area contributed by atoms with Crippen molar-refractivity contribution in [3.63, 3.8) is 0 Å². The normalized spacial score (nSPS) is 17.0. The Kier molecular flexibility index (Phi) is 3.99. The Morgan fingerprint density at radius 1 is 1.20 bits per heavy atom. The average molecular weight is 343 g/mol. The maximum Gasteiger partial charge on any atom is 0.323 e. The Balaban J connectivity index is 1.49. The third-order valence-corrected chi connectivity index (χ3v) is 4.55. The predicted molar refractivity (Wildman–Crippen MR) is 91.0 cm³/mol. The average Bonchev–Trinajstić information content (AvgIpc) is 3.39. The van der Waals surface area contributed by atoms with Crippen LogP contribution in [-0.2, 0) is 0 Å². The lowest BCUT2D eigenvalue weighted by Crippen LogP contribution is -2.33. The number of carbonyl (C=O) groups excluding carboxylic acids is 1. The van der Waals surface area contributed by atoms with E-state index < -0.39 is 0 Å². The highest BCUT2D eigenvalue weighted by molar-refractivity contribution is 5.87. The van der Waals surface area contributed by atoms with Crippen LogP contribution in [0.5, 0.6) is 11.5 Å². The number of aromatic nitrogens is 1. The van der Waals surface area contributed by atoms with Gasteiger partial charge in [-0.15, -0.1) is 0 Å². The zero-order chi connectivity index (χ0) is 17.4. The molecule has 2 aliphatic rings. The second-order valence-corrected chi connectivity index (χ2v) is 6.48. The van der Waals surface area contributed by atoms with Gasteiger partial charge in [0.1, 0.15) is 19.0 Å². The molecule has 1 fully saturated rings. The van der Waals surface area contributed by atoms with Crippen molar-refractivity contribution in [1.29, 1.82) is 0 Å². The smallest absolute Gasteiger partial charge is 0.323 e. The van der Waals surface area contributed by atoms with E-state index in [0.717, 1.165) is 35.6 Å². The molecule has 1 aromatic heterocycles. The molecule has 1 aromatic carbocycles. The fourth-order valence-electron chi connectivity index (χ4n) is 2.96. The molecule has 0 radical (unpaired) electrons. The Morgan fingerprint density at radius 3 is 2.64 bits per heavy atom. The number of nitrogens with zero attached hydrogens (tertiary/aromatic N) is 1. The number of hydrogen-bond donors (Lipinski definition) is 2. The van der Waals surface area contributed by atoms with Crippen LogP contribution in [0.3, 0.4) is 0 Å². The number of urea groups is 1. The number of amides is 2. The van der Waals surface area contributed by atoms with Crippen molar-refractivity contribution in [3.8, 4) is 11.5 Å². The lowest BCUT2D eigenvalue weighted by atomic mass is 10.0. The monoisotopic (exact) mass is 343 g/mol. The number of benzene rings is 1. The van der Waals surface area contributed by atoms with Gasteiger partial charge in [0.15, 0.2) is 11.5 Å². The van der Waals surface area contributed by atoms with Crippen molar-refractivity contribution in [1.82, 2.24) is 10.3 Å². The quantitative estimate of drug-likeness (QED) is 0.889. The van der Waals surface area contributed by atoms with Gasteiger partial charge in [-0.2, -0.15) is 4.98 Å². The summed E-state index contributed by atoms with van der Waals surface area (Å²) in [5.74, 6) is 2.61. The Labute approximate surface area is 145 Å². The lowest BCUT2D eigenvalue weighted by molar-refractivity contribution is 0.171. The molecule has 1 atom stereocenters. The molecule has 1 saturated carbocycles. The molecule has 7 nitrogen and oxygen atoms in total. The number of rotatable bonds is 4. The van der Waals surface area contributed by atoms with E-state index >= 15 is 0 Å². The van der Waals surface area contributed by atoms with Gasteiger partial charge in [0, 0.05) is 0 Å². The van der Waals surface area contributed by atoms with Crippen LogP contribution in [0.15, 0.2) is 22.6 Å². The van der Waals surface area contributed by atoms with Crippen LogP contribution < -0.4 is 20.1 Å². The molecular formula is C18H21N3O4. The third kappa shape index (κ3) is 3.40. The standard InChI is InChI=1S/C18H21N3O4/c1-10-11(2)25-18(19-10)21-17(22)20-16(12-3-4-12)13-5-6-14-15(9-13)24-8-7-23-14/h5-6,9,12,16H,3-4,7-8H2,1-2H3,(H2,19,20,21,22)/t16-/m1/s1. The molecule has 2 aromatic rings. The molecule has 2 N–H and O–H groups in total. The van der Waals surface area contributed by atoms with E-state index in [0.29, 0.717) is 24.9 Å². The summed E-state index contributed by atoms with van der Waals surface area (Å²) in [5.41, 5.74) is 1.78.